The number of nitrogens with one attached hydrogen (secondary N) is 1. The van der Waals surface area contributed by atoms with Gasteiger partial charge < -0.3 is 29.0 Å². The predicted octanol–water partition coefficient (Wildman–Crippen LogP) is 3.05. The zero-order valence-corrected chi connectivity index (χ0v) is 20.5. The van der Waals surface area contributed by atoms with Crippen molar-refractivity contribution < 1.29 is 23.8 Å². The Bertz CT molecular complexity index is 1170. The fourth-order valence-corrected chi connectivity index (χ4v) is 4.47. The highest BCUT2D eigenvalue weighted by atomic mass is 16.5. The summed E-state index contributed by atoms with van der Waals surface area (Å²) in [5.74, 6) is 1.86. The van der Waals surface area contributed by atoms with Gasteiger partial charge in [0.2, 0.25) is 11.7 Å². The number of likely N-dealkylation sites (tertiary alicyclic amines) is 1. The zero-order chi connectivity index (χ0) is 24.8. The summed E-state index contributed by atoms with van der Waals surface area (Å²) in [7, 11) is 4.53. The van der Waals surface area contributed by atoms with Crippen molar-refractivity contribution in [1.82, 2.24) is 19.8 Å². The van der Waals surface area contributed by atoms with Crippen LogP contribution in [0.2, 0.25) is 0 Å². The van der Waals surface area contributed by atoms with E-state index in [4.69, 9.17) is 19.2 Å². The third-order valence-corrected chi connectivity index (χ3v) is 6.30. The SMILES string of the molecule is COc1cc(C(=O)NCCc2nc3ccccc3n2CC(=O)N2CCCCC2)cc(OC)c1OC. The molecule has 9 heteroatoms. The Morgan fingerprint density at radius 2 is 1.66 bits per heavy atom. The molecule has 0 saturated carbocycles. The third-order valence-electron chi connectivity index (χ3n) is 6.30. The minimum absolute atomic E-state index is 0.107. The number of nitrogens with zero attached hydrogens (tertiary/aromatic N) is 3. The summed E-state index contributed by atoms with van der Waals surface area (Å²) in [6.07, 6.45) is 3.76. The Morgan fingerprint density at radius 1 is 0.971 bits per heavy atom. The molecule has 2 aromatic carbocycles. The van der Waals surface area contributed by atoms with Crippen molar-refractivity contribution in [2.75, 3.05) is 41.0 Å². The number of hydrogen-bond acceptors (Lipinski definition) is 6. The number of aromatic nitrogens is 2. The van der Waals surface area contributed by atoms with Crippen LogP contribution in [0.15, 0.2) is 36.4 Å². The molecule has 9 nitrogen and oxygen atoms in total. The second-order valence-electron chi connectivity index (χ2n) is 8.46. The molecule has 1 aliphatic heterocycles. The Kier molecular flexibility index (Phi) is 7.74. The van der Waals surface area contributed by atoms with E-state index in [0.717, 1.165) is 42.8 Å². The first-order chi connectivity index (χ1) is 17.0. The number of methoxy groups -OCH3 is 3. The molecule has 186 valence electrons. The monoisotopic (exact) mass is 480 g/mol. The molecule has 0 unspecified atom stereocenters. The van der Waals surface area contributed by atoms with Crippen molar-refractivity contribution in [3.05, 3.63) is 47.8 Å². The highest BCUT2D eigenvalue weighted by Crippen LogP contribution is 2.38. The first-order valence-electron chi connectivity index (χ1n) is 11.9. The summed E-state index contributed by atoms with van der Waals surface area (Å²) in [5, 5.41) is 2.94. The number of rotatable bonds is 9. The van der Waals surface area contributed by atoms with Gasteiger partial charge in [-0.05, 0) is 43.5 Å². The molecule has 0 radical (unpaired) electrons. The van der Waals surface area contributed by atoms with Gasteiger partial charge in [-0.25, -0.2) is 4.98 Å². The van der Waals surface area contributed by atoms with Gasteiger partial charge in [0, 0.05) is 31.6 Å². The van der Waals surface area contributed by atoms with E-state index in [1.54, 1.807) is 12.1 Å². The number of imidazole rings is 1. The van der Waals surface area contributed by atoms with Crippen LogP contribution in [0.4, 0.5) is 0 Å². The van der Waals surface area contributed by atoms with E-state index in [1.165, 1.54) is 27.8 Å². The van der Waals surface area contributed by atoms with Crippen molar-refractivity contribution in [1.29, 1.82) is 0 Å². The number of hydrogen-bond donors (Lipinski definition) is 1. The second kappa shape index (κ2) is 11.1. The molecule has 2 amide bonds. The van der Waals surface area contributed by atoms with Gasteiger partial charge >= 0.3 is 0 Å². The van der Waals surface area contributed by atoms with E-state index in [0.29, 0.717) is 35.8 Å². The molecule has 0 atom stereocenters. The third kappa shape index (κ3) is 5.34. The Balaban J connectivity index is 1.48. The lowest BCUT2D eigenvalue weighted by atomic mass is 10.1. The maximum atomic E-state index is 13.0. The maximum absolute atomic E-state index is 13.0. The highest BCUT2D eigenvalue weighted by molar-refractivity contribution is 5.95. The lowest BCUT2D eigenvalue weighted by Gasteiger charge is -2.27. The molecule has 3 aromatic rings. The van der Waals surface area contributed by atoms with Crippen LogP contribution >= 0.6 is 0 Å². The first kappa shape index (κ1) is 24.4. The number of piperidine rings is 1. The minimum atomic E-state index is -0.267. The number of ether oxygens (including phenoxy) is 3. The van der Waals surface area contributed by atoms with Crippen LogP contribution in [0, 0.1) is 0 Å². The first-order valence-corrected chi connectivity index (χ1v) is 11.9. The molecule has 1 fully saturated rings. The Labute approximate surface area is 205 Å². The average Bonchev–Trinajstić information content (AvgIpc) is 3.25. The van der Waals surface area contributed by atoms with Crippen LogP contribution < -0.4 is 19.5 Å². The summed E-state index contributed by atoms with van der Waals surface area (Å²) in [6, 6.07) is 11.0. The van der Waals surface area contributed by atoms with Crippen LogP contribution in [0.5, 0.6) is 17.2 Å². The van der Waals surface area contributed by atoms with Crippen LogP contribution in [-0.2, 0) is 17.8 Å². The van der Waals surface area contributed by atoms with Crippen molar-refractivity contribution in [3.8, 4) is 17.2 Å². The fourth-order valence-electron chi connectivity index (χ4n) is 4.47. The largest absolute Gasteiger partial charge is 0.493 e. The quantitative estimate of drug-likeness (QED) is 0.506. The lowest BCUT2D eigenvalue weighted by molar-refractivity contribution is -0.132. The molecule has 1 N–H and O–H groups in total. The fraction of sp³-hybridized carbons (Fsp3) is 0.423. The number of benzene rings is 2. The van der Waals surface area contributed by atoms with E-state index in [9.17, 15) is 9.59 Å². The van der Waals surface area contributed by atoms with E-state index >= 15 is 0 Å². The molecule has 0 spiro atoms. The van der Waals surface area contributed by atoms with Crippen molar-refractivity contribution in [2.45, 2.75) is 32.2 Å². The smallest absolute Gasteiger partial charge is 0.251 e. The second-order valence-corrected chi connectivity index (χ2v) is 8.46. The van der Waals surface area contributed by atoms with Gasteiger partial charge in [-0.2, -0.15) is 0 Å². The molecule has 4 rings (SSSR count). The summed E-state index contributed by atoms with van der Waals surface area (Å²) in [6.45, 7) is 2.23. The van der Waals surface area contributed by atoms with Crippen molar-refractivity contribution in [3.63, 3.8) is 0 Å². The molecular formula is C26H32N4O5. The number of para-hydroxylation sites is 2. The van der Waals surface area contributed by atoms with E-state index in [2.05, 4.69) is 5.32 Å². The summed E-state index contributed by atoms with van der Waals surface area (Å²) < 4.78 is 18.0. The predicted molar refractivity (Wildman–Crippen MR) is 132 cm³/mol. The molecule has 1 aliphatic rings. The van der Waals surface area contributed by atoms with Crippen LogP contribution in [0.25, 0.3) is 11.0 Å². The summed E-state index contributed by atoms with van der Waals surface area (Å²) in [5.41, 5.74) is 2.15. The number of amides is 2. The standard InChI is InChI=1S/C26H32N4O5/c1-33-21-15-18(16-22(34-2)25(21)35-3)26(32)27-12-11-23-28-19-9-5-6-10-20(19)30(23)17-24(31)29-13-7-4-8-14-29/h5-6,9-10,15-16H,4,7-8,11-14,17H2,1-3H3,(H,27,32). The summed E-state index contributed by atoms with van der Waals surface area (Å²) >= 11 is 0. The van der Waals surface area contributed by atoms with Gasteiger partial charge in [0.1, 0.15) is 12.4 Å². The molecule has 1 saturated heterocycles. The molecular weight excluding hydrogens is 448 g/mol. The van der Waals surface area contributed by atoms with Gasteiger partial charge in [-0.1, -0.05) is 12.1 Å². The van der Waals surface area contributed by atoms with Gasteiger partial charge in [0.05, 0.1) is 32.4 Å². The zero-order valence-electron chi connectivity index (χ0n) is 20.5. The number of carbonyl (C=O) groups excluding carboxylic acids is 2. The van der Waals surface area contributed by atoms with Gasteiger partial charge in [-0.3, -0.25) is 9.59 Å². The maximum Gasteiger partial charge on any atom is 0.251 e. The van der Waals surface area contributed by atoms with Gasteiger partial charge in [-0.15, -0.1) is 0 Å². The highest BCUT2D eigenvalue weighted by Gasteiger charge is 2.21. The normalized spacial score (nSPS) is 13.5. The number of carbonyl (C=O) groups is 2. The Hall–Kier alpha value is -3.75. The molecule has 2 heterocycles. The topological polar surface area (TPSA) is 94.9 Å². The van der Waals surface area contributed by atoms with E-state index < -0.39 is 0 Å². The Morgan fingerprint density at radius 3 is 2.31 bits per heavy atom. The van der Waals surface area contributed by atoms with Crippen molar-refractivity contribution >= 4 is 22.8 Å². The van der Waals surface area contributed by atoms with Crippen molar-refractivity contribution in [2.24, 2.45) is 0 Å². The van der Waals surface area contributed by atoms with Gasteiger partial charge in [0.25, 0.3) is 5.91 Å². The minimum Gasteiger partial charge on any atom is -0.493 e. The van der Waals surface area contributed by atoms with Crippen LogP contribution in [0.1, 0.15) is 35.4 Å². The summed E-state index contributed by atoms with van der Waals surface area (Å²) in [4.78, 5) is 32.5. The molecule has 35 heavy (non-hydrogen) atoms. The van der Waals surface area contributed by atoms with Crippen LogP contribution in [-0.4, -0.2) is 67.2 Å². The van der Waals surface area contributed by atoms with E-state index in [1.807, 2.05) is 33.7 Å². The lowest BCUT2D eigenvalue weighted by Crippen LogP contribution is -2.38. The van der Waals surface area contributed by atoms with E-state index in [-0.39, 0.29) is 18.4 Å². The molecule has 1 aromatic heterocycles. The van der Waals surface area contributed by atoms with Gasteiger partial charge in [0.15, 0.2) is 11.5 Å². The number of fused-ring (bicyclic) bond motifs is 1. The molecule has 0 bridgehead atoms. The average molecular weight is 481 g/mol. The molecule has 0 aliphatic carbocycles. The van der Waals surface area contributed by atoms with Crippen LogP contribution in [0.3, 0.4) is 0 Å².